The maximum absolute atomic E-state index is 14.1. The van der Waals surface area contributed by atoms with Crippen LogP contribution in [0.25, 0.3) is 0 Å². The van der Waals surface area contributed by atoms with Crippen molar-refractivity contribution in [3.8, 4) is 0 Å². The van der Waals surface area contributed by atoms with E-state index in [1.54, 1.807) is 24.9 Å². The molecule has 20 nitrogen and oxygen atoms in total. The zero-order chi connectivity index (χ0) is 61.4. The van der Waals surface area contributed by atoms with Crippen molar-refractivity contribution < 1.29 is 71.5 Å². The number of alkyl carbamates (subject to hydrolysis) is 1. The highest BCUT2D eigenvalue weighted by Crippen LogP contribution is 2.39. The van der Waals surface area contributed by atoms with Crippen molar-refractivity contribution in [1.82, 2.24) is 31.1 Å². The third kappa shape index (κ3) is 19.8. The molecule has 0 radical (unpaired) electrons. The summed E-state index contributed by atoms with van der Waals surface area (Å²) in [7, 11) is 3.16. The van der Waals surface area contributed by atoms with Crippen LogP contribution in [0.5, 0.6) is 0 Å². The number of esters is 1. The molecule has 9 N–H and O–H groups in total. The fourth-order valence-corrected chi connectivity index (χ4v) is 12.1. The predicted molar refractivity (Wildman–Crippen MR) is 310 cm³/mol. The number of nitrogens with zero attached hydrogens (tertiary/aromatic N) is 3. The van der Waals surface area contributed by atoms with E-state index in [-0.39, 0.29) is 117 Å². The van der Waals surface area contributed by atoms with Gasteiger partial charge in [-0.05, 0) is 108 Å². The molecule has 0 aromatic heterocycles. The number of thioether (sulfide) groups is 1. The van der Waals surface area contributed by atoms with Crippen molar-refractivity contribution in [2.24, 2.45) is 28.5 Å². The van der Waals surface area contributed by atoms with E-state index in [4.69, 9.17) is 19.9 Å². The van der Waals surface area contributed by atoms with Crippen LogP contribution in [0.3, 0.4) is 0 Å². The Labute approximate surface area is 490 Å². The van der Waals surface area contributed by atoms with Gasteiger partial charge in [-0.25, -0.2) is 9.59 Å². The second-order valence-corrected chi connectivity index (χ2v) is 24.4. The van der Waals surface area contributed by atoms with E-state index in [0.29, 0.717) is 24.8 Å². The first-order valence-electron chi connectivity index (χ1n) is 28.9. The summed E-state index contributed by atoms with van der Waals surface area (Å²) in [6.07, 6.45) is 3.95. The average Bonchev–Trinajstić information content (AvgIpc) is 3.63. The number of amides is 6. The van der Waals surface area contributed by atoms with E-state index >= 15 is 0 Å². The standard InChI is InChI=1S/C59H89F3N8O12S/c1-10-44(72)38(5)52-45(80-52)32-35(2)16-15-17-36(3)51-37(4)21-26-47(57(6,79)28-27-41(71)33-49(74)82-51)81-56(78)65-29-14-13-18-42(66-53(75)39-22-24-40(25-23-39)58(63,64-7)59(60,61)62)54(76)70(9)31-30-69(8)48(73)20-12-11-19-46-50-43(34-83-46)67-55(77)68-50/h15-17,21-26,35,37-38,41-47,50-52,71-72,79H,7,10-14,18-20,27-34,63H2,1-6,8-9H3,(H,65,78)(H,66,75)(H2,67,68,77)/b16-15+,26-21+,36-17+/t35?,37?,38?,41?,42-,43-,44?,45?,46-,47?,50-,51?,52?,57?,58?/m0/s1. The van der Waals surface area contributed by atoms with Crippen molar-refractivity contribution in [1.29, 1.82) is 0 Å². The predicted octanol–water partition coefficient (Wildman–Crippen LogP) is 6.17. The number of carbonyl (C=O) groups is 6. The lowest BCUT2D eigenvalue weighted by Crippen LogP contribution is -2.49. The number of fused-ring (bicyclic) bond motifs is 1. The van der Waals surface area contributed by atoms with E-state index in [1.807, 2.05) is 45.9 Å². The molecule has 3 fully saturated rings. The number of hydrogen-bond acceptors (Lipinski definition) is 15. The highest BCUT2D eigenvalue weighted by atomic mass is 32.2. The molecule has 4 heterocycles. The van der Waals surface area contributed by atoms with E-state index in [1.165, 1.54) is 29.8 Å². The van der Waals surface area contributed by atoms with Crippen molar-refractivity contribution in [2.75, 3.05) is 39.5 Å². The van der Waals surface area contributed by atoms with Gasteiger partial charge >= 0.3 is 24.3 Å². The molecule has 464 valence electrons. The minimum Gasteiger partial charge on any atom is -0.457 e. The molecular weight excluding hydrogens is 1100 g/mol. The molecule has 11 unspecified atom stereocenters. The number of rotatable bonds is 27. The monoisotopic (exact) mass is 1190 g/mol. The van der Waals surface area contributed by atoms with Crippen LogP contribution in [-0.4, -0.2) is 179 Å². The Morgan fingerprint density at radius 2 is 1.76 bits per heavy atom. The van der Waals surface area contributed by atoms with Gasteiger partial charge in [-0.1, -0.05) is 70.6 Å². The van der Waals surface area contributed by atoms with Crippen molar-refractivity contribution in [3.05, 3.63) is 71.3 Å². The second-order valence-electron chi connectivity index (χ2n) is 23.1. The summed E-state index contributed by atoms with van der Waals surface area (Å²) < 4.78 is 59.1. The molecular formula is C59H89F3N8O12S. The number of likely N-dealkylation sites (N-methyl/N-ethyl adjacent to an activating group) is 2. The van der Waals surface area contributed by atoms with Gasteiger partial charge in [-0.2, -0.15) is 24.9 Å². The maximum Gasteiger partial charge on any atom is 0.431 e. The normalized spacial score (nSPS) is 28.3. The number of epoxide rings is 1. The Balaban J connectivity index is 1.18. The van der Waals surface area contributed by atoms with Crippen LogP contribution >= 0.6 is 11.8 Å². The third-order valence-corrected chi connectivity index (χ3v) is 17.8. The van der Waals surface area contributed by atoms with Gasteiger partial charge in [0.05, 0.1) is 42.9 Å². The largest absolute Gasteiger partial charge is 0.457 e. The van der Waals surface area contributed by atoms with Gasteiger partial charge in [0.25, 0.3) is 5.91 Å². The maximum atomic E-state index is 14.1. The average molecular weight is 1190 g/mol. The van der Waals surface area contributed by atoms with E-state index < -0.39 is 83.3 Å². The number of unbranched alkanes of at least 4 members (excludes halogenated alkanes) is 2. The fraction of sp³-hybridized carbons (Fsp3) is 0.678. The van der Waals surface area contributed by atoms with E-state index in [0.717, 1.165) is 49.3 Å². The summed E-state index contributed by atoms with van der Waals surface area (Å²) >= 11 is 1.81. The lowest BCUT2D eigenvalue weighted by Gasteiger charge is -2.32. The Morgan fingerprint density at radius 1 is 1.06 bits per heavy atom. The number of cyclic esters (lactones) is 1. The van der Waals surface area contributed by atoms with Crippen molar-refractivity contribution in [2.45, 2.75) is 196 Å². The van der Waals surface area contributed by atoms with Gasteiger partial charge in [-0.3, -0.25) is 29.9 Å². The van der Waals surface area contributed by atoms with Crippen LogP contribution in [0, 0.1) is 17.8 Å². The number of alkyl halides is 3. The fourth-order valence-electron chi connectivity index (χ4n) is 10.6. The summed E-state index contributed by atoms with van der Waals surface area (Å²) in [6, 6.07) is 3.17. The molecule has 4 aliphatic heterocycles. The molecule has 3 saturated heterocycles. The van der Waals surface area contributed by atoms with Crippen molar-refractivity contribution >= 4 is 54.3 Å². The van der Waals surface area contributed by atoms with Gasteiger partial charge in [0.2, 0.25) is 17.5 Å². The highest BCUT2D eigenvalue weighted by molar-refractivity contribution is 8.00. The van der Waals surface area contributed by atoms with E-state index in [2.05, 4.69) is 39.9 Å². The number of aliphatic hydroxyl groups is 3. The number of hydrogen-bond donors (Lipinski definition) is 8. The molecule has 6 amide bonds. The first-order chi connectivity index (χ1) is 39.1. The molecule has 5 rings (SSSR count). The van der Waals surface area contributed by atoms with Gasteiger partial charge in [-0.15, -0.1) is 0 Å². The van der Waals surface area contributed by atoms with Crippen LogP contribution < -0.4 is 27.0 Å². The number of nitrogens with two attached hydrogens (primary N) is 1. The summed E-state index contributed by atoms with van der Waals surface area (Å²) in [5, 5.41) is 44.3. The lowest BCUT2D eigenvalue weighted by atomic mass is 9.88. The van der Waals surface area contributed by atoms with Crippen LogP contribution in [0.15, 0.2) is 65.2 Å². The lowest BCUT2D eigenvalue weighted by molar-refractivity contribution is -0.186. The molecule has 24 heteroatoms. The molecule has 1 aromatic rings. The van der Waals surface area contributed by atoms with Gasteiger partial charge in [0.1, 0.15) is 17.7 Å². The summed E-state index contributed by atoms with van der Waals surface area (Å²) in [5.74, 6) is -1.42. The number of halogens is 3. The Kier molecular flexibility index (Phi) is 25.5. The molecule has 83 heavy (non-hydrogen) atoms. The summed E-state index contributed by atoms with van der Waals surface area (Å²) in [4.78, 5) is 85.0. The molecule has 0 aliphatic carbocycles. The van der Waals surface area contributed by atoms with Crippen LogP contribution in [0.4, 0.5) is 22.8 Å². The van der Waals surface area contributed by atoms with Crippen LogP contribution in [0.2, 0.25) is 0 Å². The summed E-state index contributed by atoms with van der Waals surface area (Å²) in [6.45, 7) is 14.4. The number of aliphatic imine (C=N–C) groups is 1. The second kappa shape index (κ2) is 31.0. The minimum absolute atomic E-state index is 0.0107. The molecule has 0 saturated carbocycles. The molecule has 4 aliphatic rings. The first kappa shape index (κ1) is 68.3. The molecule has 1 aromatic carbocycles. The zero-order valence-electron chi connectivity index (χ0n) is 49.2. The summed E-state index contributed by atoms with van der Waals surface area (Å²) in [5.41, 5.74) is 0.930. The Morgan fingerprint density at radius 3 is 2.43 bits per heavy atom. The molecule has 0 bridgehead atoms. The van der Waals surface area contributed by atoms with Crippen molar-refractivity contribution in [3.63, 3.8) is 0 Å². The molecule has 15 atom stereocenters. The van der Waals surface area contributed by atoms with Gasteiger partial charge < -0.3 is 60.6 Å². The zero-order valence-corrected chi connectivity index (χ0v) is 50.0. The number of urea groups is 1. The van der Waals surface area contributed by atoms with E-state index in [9.17, 15) is 57.3 Å². The Bertz CT molecular complexity index is 2470. The smallest absolute Gasteiger partial charge is 0.431 e. The Hall–Kier alpha value is -5.53. The number of carbonyl (C=O) groups excluding carboxylic acids is 6. The third-order valence-electron chi connectivity index (χ3n) is 16.3. The number of allylic oxidation sites excluding steroid dienone is 3. The number of benzene rings is 1. The van der Waals surface area contributed by atoms with Gasteiger partial charge in [0.15, 0.2) is 6.10 Å². The minimum atomic E-state index is -4.99. The number of ether oxygens (including phenoxy) is 3. The molecule has 0 spiro atoms. The number of nitrogens with one attached hydrogen (secondary N) is 4. The topological polar surface area (TPSA) is 287 Å². The van der Waals surface area contributed by atoms with Crippen LogP contribution in [-0.2, 0) is 34.3 Å². The van der Waals surface area contributed by atoms with Gasteiger partial charge in [0, 0.05) is 74.1 Å². The van der Waals surface area contributed by atoms with Crippen LogP contribution in [0.1, 0.15) is 135 Å². The SMILES string of the molecule is C=NC(N)(c1ccc(C(=O)N[C@@H](CCCCNC(=O)OC2/C=C/C(C)C(/C(C)=C/C=C/C(C)CC3OC3C(C)C(O)CC)OC(=O)CC(O)CCC2(C)O)C(=O)N(C)CCN(C)C(=O)CCCC[C@@H]2SC[C@@H]3NC(=O)N[C@@H]32)cc1)C(F)(F)F. The quantitative estimate of drug-likeness (QED) is 0.00931. The first-order valence-corrected chi connectivity index (χ1v) is 30.0. The highest BCUT2D eigenvalue weighted by Gasteiger charge is 2.53. The number of aliphatic hydroxyl groups excluding tert-OH is 2.